The standard InChI is InChI=1S/C19H16FN3O3/c1-2-26-16-9-7-15(8-10-16)23-12-11-21-17(19(23)25)22-18(24)13-3-5-14(20)6-4-13/h3-12H,2H2,1H3,(H,21,22,24). The van der Waals surface area contributed by atoms with Crippen molar-refractivity contribution in [2.24, 2.45) is 0 Å². The van der Waals surface area contributed by atoms with Crippen molar-refractivity contribution in [2.75, 3.05) is 11.9 Å². The van der Waals surface area contributed by atoms with Crippen molar-refractivity contribution in [3.8, 4) is 11.4 Å². The average molecular weight is 353 g/mol. The van der Waals surface area contributed by atoms with E-state index in [0.717, 1.165) is 0 Å². The van der Waals surface area contributed by atoms with E-state index in [2.05, 4.69) is 10.3 Å². The molecule has 0 fully saturated rings. The topological polar surface area (TPSA) is 73.2 Å². The van der Waals surface area contributed by atoms with Gasteiger partial charge in [-0.25, -0.2) is 9.37 Å². The predicted molar refractivity (Wildman–Crippen MR) is 95.4 cm³/mol. The molecule has 1 heterocycles. The third-order valence-electron chi connectivity index (χ3n) is 3.60. The van der Waals surface area contributed by atoms with Crippen molar-refractivity contribution in [1.29, 1.82) is 0 Å². The van der Waals surface area contributed by atoms with E-state index >= 15 is 0 Å². The van der Waals surface area contributed by atoms with Crippen LogP contribution in [0.25, 0.3) is 5.69 Å². The van der Waals surface area contributed by atoms with Crippen LogP contribution in [0.15, 0.2) is 65.7 Å². The van der Waals surface area contributed by atoms with Gasteiger partial charge >= 0.3 is 0 Å². The Balaban J connectivity index is 1.86. The van der Waals surface area contributed by atoms with Gasteiger partial charge in [0.1, 0.15) is 11.6 Å². The molecule has 1 amide bonds. The van der Waals surface area contributed by atoms with Gasteiger partial charge in [0.15, 0.2) is 5.82 Å². The van der Waals surface area contributed by atoms with Crippen LogP contribution in [0.2, 0.25) is 0 Å². The van der Waals surface area contributed by atoms with Crippen LogP contribution >= 0.6 is 0 Å². The summed E-state index contributed by atoms with van der Waals surface area (Å²) in [7, 11) is 0. The van der Waals surface area contributed by atoms with Crippen LogP contribution in [0.4, 0.5) is 10.2 Å². The van der Waals surface area contributed by atoms with Crippen molar-refractivity contribution in [3.63, 3.8) is 0 Å². The van der Waals surface area contributed by atoms with Gasteiger partial charge in [0.25, 0.3) is 11.5 Å². The first-order valence-corrected chi connectivity index (χ1v) is 7.96. The molecule has 2 aromatic carbocycles. The number of halogens is 1. The van der Waals surface area contributed by atoms with E-state index in [0.29, 0.717) is 18.0 Å². The molecule has 0 spiro atoms. The first-order chi connectivity index (χ1) is 12.6. The molecule has 0 radical (unpaired) electrons. The van der Waals surface area contributed by atoms with E-state index in [4.69, 9.17) is 4.74 Å². The van der Waals surface area contributed by atoms with Crippen molar-refractivity contribution in [2.45, 2.75) is 6.92 Å². The smallest absolute Gasteiger partial charge is 0.298 e. The summed E-state index contributed by atoms with van der Waals surface area (Å²) in [6, 6.07) is 12.0. The molecule has 0 saturated heterocycles. The lowest BCUT2D eigenvalue weighted by atomic mass is 10.2. The van der Waals surface area contributed by atoms with Crippen molar-refractivity contribution in [1.82, 2.24) is 9.55 Å². The van der Waals surface area contributed by atoms with E-state index in [1.54, 1.807) is 24.3 Å². The molecule has 0 unspecified atom stereocenters. The van der Waals surface area contributed by atoms with Crippen LogP contribution in [0.5, 0.6) is 5.75 Å². The quantitative estimate of drug-likeness (QED) is 0.765. The maximum absolute atomic E-state index is 13.0. The summed E-state index contributed by atoms with van der Waals surface area (Å²) in [5.41, 5.74) is 0.356. The molecule has 0 aliphatic rings. The summed E-state index contributed by atoms with van der Waals surface area (Å²) in [6.45, 7) is 2.44. The Labute approximate surface area is 148 Å². The number of nitrogens with zero attached hydrogens (tertiary/aromatic N) is 2. The second-order valence-electron chi connectivity index (χ2n) is 5.34. The van der Waals surface area contributed by atoms with Gasteiger partial charge in [-0.2, -0.15) is 0 Å². The van der Waals surface area contributed by atoms with Crippen LogP contribution in [-0.4, -0.2) is 22.1 Å². The van der Waals surface area contributed by atoms with Crippen molar-refractivity contribution < 1.29 is 13.9 Å². The van der Waals surface area contributed by atoms with Gasteiger partial charge in [-0.1, -0.05) is 0 Å². The second kappa shape index (κ2) is 7.60. The number of nitrogens with one attached hydrogen (secondary N) is 1. The van der Waals surface area contributed by atoms with Crippen LogP contribution in [0.3, 0.4) is 0 Å². The maximum atomic E-state index is 13.0. The van der Waals surface area contributed by atoms with E-state index in [-0.39, 0.29) is 11.4 Å². The molecule has 0 atom stereocenters. The number of carbonyl (C=O) groups excluding carboxylic acids is 1. The summed E-state index contributed by atoms with van der Waals surface area (Å²) in [6.07, 6.45) is 2.92. The highest BCUT2D eigenvalue weighted by molar-refractivity contribution is 6.03. The number of benzene rings is 2. The predicted octanol–water partition coefficient (Wildman–Crippen LogP) is 3.02. The van der Waals surface area contributed by atoms with Gasteiger partial charge in [0, 0.05) is 23.6 Å². The number of carbonyl (C=O) groups is 1. The van der Waals surface area contributed by atoms with E-state index in [9.17, 15) is 14.0 Å². The maximum Gasteiger partial charge on any atom is 0.298 e. The molecule has 1 N–H and O–H groups in total. The number of amides is 1. The first-order valence-electron chi connectivity index (χ1n) is 7.96. The second-order valence-corrected chi connectivity index (χ2v) is 5.34. The molecule has 0 aliphatic heterocycles. The minimum absolute atomic E-state index is 0.115. The number of aromatic nitrogens is 2. The first kappa shape index (κ1) is 17.3. The fourth-order valence-electron chi connectivity index (χ4n) is 2.35. The number of hydrogen-bond donors (Lipinski definition) is 1. The number of hydrogen-bond acceptors (Lipinski definition) is 4. The van der Waals surface area contributed by atoms with Crippen LogP contribution in [-0.2, 0) is 0 Å². The van der Waals surface area contributed by atoms with Gasteiger partial charge in [0.2, 0.25) is 0 Å². The molecule has 132 valence electrons. The third-order valence-corrected chi connectivity index (χ3v) is 3.60. The Morgan fingerprint density at radius 2 is 1.85 bits per heavy atom. The minimum Gasteiger partial charge on any atom is -0.494 e. The highest BCUT2D eigenvalue weighted by Crippen LogP contribution is 2.14. The average Bonchev–Trinajstić information content (AvgIpc) is 2.65. The normalized spacial score (nSPS) is 10.4. The van der Waals surface area contributed by atoms with Crippen LogP contribution in [0, 0.1) is 5.82 Å². The number of rotatable bonds is 5. The lowest BCUT2D eigenvalue weighted by molar-refractivity contribution is 0.102. The molecule has 0 aliphatic carbocycles. The van der Waals surface area contributed by atoms with Gasteiger partial charge in [-0.3, -0.25) is 14.2 Å². The molecule has 3 aromatic rings. The Morgan fingerprint density at radius 3 is 2.50 bits per heavy atom. The largest absolute Gasteiger partial charge is 0.494 e. The van der Waals surface area contributed by atoms with E-state index < -0.39 is 17.3 Å². The SMILES string of the molecule is CCOc1ccc(-n2ccnc(NC(=O)c3ccc(F)cc3)c2=O)cc1. The lowest BCUT2D eigenvalue weighted by Gasteiger charge is -2.09. The lowest BCUT2D eigenvalue weighted by Crippen LogP contribution is -2.26. The Kier molecular flexibility index (Phi) is 5.07. The molecule has 6 nitrogen and oxygen atoms in total. The minimum atomic E-state index is -0.543. The summed E-state index contributed by atoms with van der Waals surface area (Å²) in [5, 5.41) is 2.46. The highest BCUT2D eigenvalue weighted by Gasteiger charge is 2.12. The summed E-state index contributed by atoms with van der Waals surface area (Å²) >= 11 is 0. The summed E-state index contributed by atoms with van der Waals surface area (Å²) < 4.78 is 19.7. The molecule has 1 aromatic heterocycles. The number of anilines is 1. The number of ether oxygens (including phenoxy) is 1. The zero-order valence-electron chi connectivity index (χ0n) is 14.0. The monoisotopic (exact) mass is 353 g/mol. The van der Waals surface area contributed by atoms with E-state index in [1.807, 2.05) is 6.92 Å². The van der Waals surface area contributed by atoms with Gasteiger partial charge in [-0.15, -0.1) is 0 Å². The van der Waals surface area contributed by atoms with Crippen LogP contribution in [0.1, 0.15) is 17.3 Å². The Hall–Kier alpha value is -3.48. The zero-order valence-corrected chi connectivity index (χ0v) is 14.0. The summed E-state index contributed by atoms with van der Waals surface area (Å²) in [4.78, 5) is 28.7. The summed E-state index contributed by atoms with van der Waals surface area (Å²) in [5.74, 6) is -0.407. The van der Waals surface area contributed by atoms with Gasteiger partial charge in [0.05, 0.1) is 6.61 Å². The van der Waals surface area contributed by atoms with Crippen LogP contribution < -0.4 is 15.6 Å². The third kappa shape index (κ3) is 3.77. The fraction of sp³-hybridized carbons (Fsp3) is 0.105. The fourth-order valence-corrected chi connectivity index (χ4v) is 2.35. The molecule has 3 rings (SSSR count). The zero-order chi connectivity index (χ0) is 18.5. The Bertz CT molecular complexity index is 967. The van der Waals surface area contributed by atoms with Gasteiger partial charge < -0.3 is 10.1 Å². The molecule has 26 heavy (non-hydrogen) atoms. The molecule has 0 saturated carbocycles. The highest BCUT2D eigenvalue weighted by atomic mass is 19.1. The molecule has 7 heteroatoms. The molecular formula is C19H16FN3O3. The molecular weight excluding hydrogens is 337 g/mol. The Morgan fingerprint density at radius 1 is 1.15 bits per heavy atom. The van der Waals surface area contributed by atoms with E-state index in [1.165, 1.54) is 41.2 Å². The molecule has 0 bridgehead atoms. The van der Waals surface area contributed by atoms with Crippen molar-refractivity contribution >= 4 is 11.7 Å². The van der Waals surface area contributed by atoms with Crippen molar-refractivity contribution in [3.05, 3.63) is 82.7 Å². The van der Waals surface area contributed by atoms with Gasteiger partial charge in [-0.05, 0) is 55.5 Å².